The second kappa shape index (κ2) is 7.36. The van der Waals surface area contributed by atoms with Crippen LogP contribution >= 0.6 is 11.6 Å². The first-order valence-electron chi connectivity index (χ1n) is 8.35. The molecule has 1 fully saturated rings. The Morgan fingerprint density at radius 3 is 2.44 bits per heavy atom. The molecule has 1 N–H and O–H groups in total. The SMILES string of the molecule is COc1cc(C(=O)NCC2(c3ccccc3)CCC2)cc(Cl)c1OC. The zero-order valence-corrected chi connectivity index (χ0v) is 15.2. The van der Waals surface area contributed by atoms with Gasteiger partial charge >= 0.3 is 0 Å². The van der Waals surface area contributed by atoms with Gasteiger partial charge in [0.2, 0.25) is 0 Å². The van der Waals surface area contributed by atoms with E-state index in [9.17, 15) is 4.79 Å². The molecule has 2 aromatic carbocycles. The predicted molar refractivity (Wildman–Crippen MR) is 98.9 cm³/mol. The molecule has 0 radical (unpaired) electrons. The number of nitrogens with one attached hydrogen (secondary N) is 1. The molecule has 1 aliphatic rings. The van der Waals surface area contributed by atoms with Gasteiger partial charge < -0.3 is 14.8 Å². The van der Waals surface area contributed by atoms with Crippen LogP contribution in [0.2, 0.25) is 5.02 Å². The Kier molecular flexibility index (Phi) is 5.19. The van der Waals surface area contributed by atoms with Gasteiger partial charge in [-0.15, -0.1) is 0 Å². The summed E-state index contributed by atoms with van der Waals surface area (Å²) in [6.07, 6.45) is 3.36. The zero-order chi connectivity index (χ0) is 17.9. The highest BCUT2D eigenvalue weighted by Crippen LogP contribution is 2.43. The molecule has 0 heterocycles. The summed E-state index contributed by atoms with van der Waals surface area (Å²) in [5.74, 6) is 0.715. The summed E-state index contributed by atoms with van der Waals surface area (Å²) in [5, 5.41) is 3.42. The molecule has 132 valence electrons. The molecule has 2 aromatic rings. The van der Waals surface area contributed by atoms with Crippen LogP contribution in [0.4, 0.5) is 0 Å². The lowest BCUT2D eigenvalue weighted by atomic mass is 9.64. The summed E-state index contributed by atoms with van der Waals surface area (Å²) < 4.78 is 10.5. The van der Waals surface area contributed by atoms with E-state index in [0.29, 0.717) is 28.6 Å². The van der Waals surface area contributed by atoms with Crippen LogP contribution < -0.4 is 14.8 Å². The van der Waals surface area contributed by atoms with Crippen LogP contribution in [0.25, 0.3) is 0 Å². The van der Waals surface area contributed by atoms with Crippen LogP contribution in [0.5, 0.6) is 11.5 Å². The fourth-order valence-corrected chi connectivity index (χ4v) is 3.65. The highest BCUT2D eigenvalue weighted by Gasteiger charge is 2.38. The van der Waals surface area contributed by atoms with E-state index >= 15 is 0 Å². The van der Waals surface area contributed by atoms with Gasteiger partial charge in [0.05, 0.1) is 19.2 Å². The monoisotopic (exact) mass is 359 g/mol. The minimum absolute atomic E-state index is 0.0390. The first-order valence-corrected chi connectivity index (χ1v) is 8.73. The molecule has 0 aliphatic heterocycles. The molecule has 0 aromatic heterocycles. The molecule has 5 heteroatoms. The van der Waals surface area contributed by atoms with Crippen molar-refractivity contribution in [3.63, 3.8) is 0 Å². The number of methoxy groups -OCH3 is 2. The summed E-state index contributed by atoms with van der Waals surface area (Å²) in [5.41, 5.74) is 1.79. The predicted octanol–water partition coefficient (Wildman–Crippen LogP) is 4.21. The number of hydrogen-bond acceptors (Lipinski definition) is 3. The molecule has 0 unspecified atom stereocenters. The van der Waals surface area contributed by atoms with Gasteiger partial charge in [0.15, 0.2) is 11.5 Å². The number of benzene rings is 2. The van der Waals surface area contributed by atoms with Crippen LogP contribution in [-0.4, -0.2) is 26.7 Å². The van der Waals surface area contributed by atoms with Gasteiger partial charge in [-0.05, 0) is 30.5 Å². The summed E-state index contributed by atoms with van der Waals surface area (Å²) in [7, 11) is 3.04. The Hall–Kier alpha value is -2.20. The molecule has 4 nitrogen and oxygen atoms in total. The van der Waals surface area contributed by atoms with E-state index in [1.807, 2.05) is 18.2 Å². The summed E-state index contributed by atoms with van der Waals surface area (Å²) in [6.45, 7) is 0.613. The highest BCUT2D eigenvalue weighted by molar-refractivity contribution is 6.32. The van der Waals surface area contributed by atoms with E-state index in [2.05, 4.69) is 17.4 Å². The van der Waals surface area contributed by atoms with Crippen LogP contribution in [0.3, 0.4) is 0 Å². The average molecular weight is 360 g/mol. The van der Waals surface area contributed by atoms with Crippen LogP contribution in [-0.2, 0) is 5.41 Å². The van der Waals surface area contributed by atoms with Crippen LogP contribution in [0, 0.1) is 0 Å². The molecule has 1 saturated carbocycles. The number of rotatable bonds is 6. The van der Waals surface area contributed by atoms with Gasteiger partial charge in [0.1, 0.15) is 0 Å². The lowest BCUT2D eigenvalue weighted by Gasteiger charge is -2.42. The van der Waals surface area contributed by atoms with E-state index in [1.165, 1.54) is 26.2 Å². The topological polar surface area (TPSA) is 47.6 Å². The van der Waals surface area contributed by atoms with Crippen molar-refractivity contribution in [3.8, 4) is 11.5 Å². The third-order valence-electron chi connectivity index (χ3n) is 4.98. The van der Waals surface area contributed by atoms with E-state index in [-0.39, 0.29) is 11.3 Å². The molecule has 1 aliphatic carbocycles. The van der Waals surface area contributed by atoms with Crippen LogP contribution in [0.1, 0.15) is 35.2 Å². The molecular weight excluding hydrogens is 338 g/mol. The van der Waals surface area contributed by atoms with Crippen molar-refractivity contribution < 1.29 is 14.3 Å². The summed E-state index contributed by atoms with van der Waals surface area (Å²) in [6, 6.07) is 13.6. The minimum Gasteiger partial charge on any atom is -0.493 e. The standard InChI is InChI=1S/C20H22ClNO3/c1-24-17-12-14(11-16(21)18(17)25-2)19(23)22-13-20(9-6-10-20)15-7-4-3-5-8-15/h3-5,7-8,11-12H,6,9-10,13H2,1-2H3,(H,22,23). The van der Waals surface area contributed by atoms with Crippen molar-refractivity contribution in [1.82, 2.24) is 5.32 Å². The van der Waals surface area contributed by atoms with Gasteiger partial charge in [0, 0.05) is 17.5 Å². The third-order valence-corrected chi connectivity index (χ3v) is 5.26. The zero-order valence-electron chi connectivity index (χ0n) is 14.5. The number of halogens is 1. The molecule has 25 heavy (non-hydrogen) atoms. The number of ether oxygens (including phenoxy) is 2. The number of carbonyl (C=O) groups excluding carboxylic acids is 1. The maximum absolute atomic E-state index is 12.6. The van der Waals surface area contributed by atoms with Crippen molar-refractivity contribution >= 4 is 17.5 Å². The second-order valence-electron chi connectivity index (χ2n) is 6.38. The van der Waals surface area contributed by atoms with E-state index in [1.54, 1.807) is 12.1 Å². The molecule has 3 rings (SSSR count). The first-order chi connectivity index (χ1) is 12.1. The maximum Gasteiger partial charge on any atom is 0.251 e. The van der Waals surface area contributed by atoms with Crippen molar-refractivity contribution in [2.75, 3.05) is 20.8 Å². The maximum atomic E-state index is 12.6. The molecule has 0 saturated heterocycles. The fourth-order valence-electron chi connectivity index (χ4n) is 3.36. The Labute approximate surface area is 153 Å². The normalized spacial score (nSPS) is 15.2. The molecule has 1 amide bonds. The molecule has 0 spiro atoms. The van der Waals surface area contributed by atoms with Gasteiger partial charge in [-0.3, -0.25) is 4.79 Å². The van der Waals surface area contributed by atoms with Crippen molar-refractivity contribution in [1.29, 1.82) is 0 Å². The first kappa shape index (κ1) is 17.6. The van der Waals surface area contributed by atoms with Gasteiger partial charge in [-0.2, -0.15) is 0 Å². The lowest BCUT2D eigenvalue weighted by molar-refractivity contribution is 0.0927. The van der Waals surface area contributed by atoms with Crippen molar-refractivity contribution in [3.05, 3.63) is 58.6 Å². The fraction of sp³-hybridized carbons (Fsp3) is 0.350. The van der Waals surface area contributed by atoms with E-state index < -0.39 is 0 Å². The van der Waals surface area contributed by atoms with Crippen molar-refractivity contribution in [2.45, 2.75) is 24.7 Å². The van der Waals surface area contributed by atoms with E-state index in [4.69, 9.17) is 21.1 Å². The third kappa shape index (κ3) is 3.45. The quantitative estimate of drug-likeness (QED) is 0.840. The number of carbonyl (C=O) groups is 1. The smallest absolute Gasteiger partial charge is 0.251 e. The van der Waals surface area contributed by atoms with Gasteiger partial charge in [-0.25, -0.2) is 0 Å². The summed E-state index contributed by atoms with van der Waals surface area (Å²) in [4.78, 5) is 12.6. The molecular formula is C20H22ClNO3. The lowest BCUT2D eigenvalue weighted by Crippen LogP contribution is -2.45. The Balaban J connectivity index is 1.76. The van der Waals surface area contributed by atoms with Gasteiger partial charge in [-0.1, -0.05) is 48.4 Å². The highest BCUT2D eigenvalue weighted by atomic mass is 35.5. The second-order valence-corrected chi connectivity index (χ2v) is 6.78. The Morgan fingerprint density at radius 1 is 1.16 bits per heavy atom. The number of amides is 1. The molecule has 0 bridgehead atoms. The van der Waals surface area contributed by atoms with E-state index in [0.717, 1.165) is 12.8 Å². The van der Waals surface area contributed by atoms with Crippen LogP contribution in [0.15, 0.2) is 42.5 Å². The average Bonchev–Trinajstić information content (AvgIpc) is 2.60. The number of hydrogen-bond donors (Lipinski definition) is 1. The Morgan fingerprint density at radius 2 is 1.88 bits per heavy atom. The Bertz CT molecular complexity index is 757. The van der Waals surface area contributed by atoms with Crippen molar-refractivity contribution in [2.24, 2.45) is 0 Å². The summed E-state index contributed by atoms with van der Waals surface area (Å²) >= 11 is 6.20. The largest absolute Gasteiger partial charge is 0.493 e. The van der Waals surface area contributed by atoms with Gasteiger partial charge in [0.25, 0.3) is 5.91 Å². The minimum atomic E-state index is -0.162. The molecule has 0 atom stereocenters.